The van der Waals surface area contributed by atoms with Gasteiger partial charge in [0.05, 0.1) is 0 Å². The van der Waals surface area contributed by atoms with Gasteiger partial charge in [-0.1, -0.05) is 6.92 Å². The van der Waals surface area contributed by atoms with E-state index in [9.17, 15) is 0 Å². The smallest absolute Gasteiger partial charge is 0.135 e. The molecule has 0 saturated heterocycles. The van der Waals surface area contributed by atoms with Gasteiger partial charge < -0.3 is 11.1 Å². The van der Waals surface area contributed by atoms with Gasteiger partial charge >= 0.3 is 0 Å². The number of rotatable bonds is 5. The van der Waals surface area contributed by atoms with Crippen molar-refractivity contribution >= 4 is 23.0 Å². The predicted octanol–water partition coefficient (Wildman–Crippen LogP) is 3.30. The molecule has 2 heterocycles. The number of hydrogen-bond acceptors (Lipinski definition) is 5. The van der Waals surface area contributed by atoms with Gasteiger partial charge in [0.1, 0.15) is 17.5 Å². The number of aryl methyl sites for hydroxylation is 2. The SMILES string of the molecule is CCCc1nc(N)c(C)c(NCc2cscc2C)n1. The second kappa shape index (κ2) is 6.02. The van der Waals surface area contributed by atoms with Crippen LogP contribution in [-0.4, -0.2) is 9.97 Å². The van der Waals surface area contributed by atoms with Crippen molar-refractivity contribution in [1.82, 2.24) is 9.97 Å². The van der Waals surface area contributed by atoms with Crippen molar-refractivity contribution in [3.63, 3.8) is 0 Å². The van der Waals surface area contributed by atoms with Gasteiger partial charge in [-0.25, -0.2) is 9.97 Å². The summed E-state index contributed by atoms with van der Waals surface area (Å²) in [4.78, 5) is 8.87. The number of hydrogen-bond donors (Lipinski definition) is 2. The summed E-state index contributed by atoms with van der Waals surface area (Å²) < 4.78 is 0. The number of aromatic nitrogens is 2. The van der Waals surface area contributed by atoms with Crippen molar-refractivity contribution in [1.29, 1.82) is 0 Å². The Bertz CT molecular complexity index is 563. The molecule has 0 aliphatic rings. The van der Waals surface area contributed by atoms with Gasteiger partial charge in [-0.2, -0.15) is 11.3 Å². The largest absolute Gasteiger partial charge is 0.383 e. The number of nitrogen functional groups attached to an aromatic ring is 1. The topological polar surface area (TPSA) is 63.8 Å². The molecule has 2 aromatic heterocycles. The maximum atomic E-state index is 5.94. The zero-order valence-electron chi connectivity index (χ0n) is 11.7. The van der Waals surface area contributed by atoms with Crippen molar-refractivity contribution in [3.05, 3.63) is 33.3 Å². The third-order valence-electron chi connectivity index (χ3n) is 3.11. The monoisotopic (exact) mass is 276 g/mol. The molecule has 5 heteroatoms. The minimum absolute atomic E-state index is 0.572. The Morgan fingerprint density at radius 1 is 1.26 bits per heavy atom. The molecular weight excluding hydrogens is 256 g/mol. The molecule has 0 saturated carbocycles. The molecule has 0 aliphatic heterocycles. The third-order valence-corrected chi connectivity index (χ3v) is 4.02. The van der Waals surface area contributed by atoms with Crippen LogP contribution < -0.4 is 11.1 Å². The number of nitrogens with one attached hydrogen (secondary N) is 1. The van der Waals surface area contributed by atoms with Crippen molar-refractivity contribution < 1.29 is 0 Å². The first-order valence-corrected chi connectivity index (χ1v) is 7.44. The molecule has 2 aromatic rings. The lowest BCUT2D eigenvalue weighted by Gasteiger charge is -2.11. The minimum Gasteiger partial charge on any atom is -0.383 e. The van der Waals surface area contributed by atoms with Crippen LogP contribution in [0.15, 0.2) is 10.8 Å². The van der Waals surface area contributed by atoms with Crippen LogP contribution in [0.1, 0.15) is 35.9 Å². The van der Waals surface area contributed by atoms with Crippen LogP contribution in [0.2, 0.25) is 0 Å². The highest BCUT2D eigenvalue weighted by molar-refractivity contribution is 7.08. The van der Waals surface area contributed by atoms with E-state index in [0.29, 0.717) is 5.82 Å². The quantitative estimate of drug-likeness (QED) is 0.879. The normalized spacial score (nSPS) is 10.7. The Hall–Kier alpha value is -1.62. The van der Waals surface area contributed by atoms with Crippen molar-refractivity contribution in [3.8, 4) is 0 Å². The van der Waals surface area contributed by atoms with E-state index >= 15 is 0 Å². The van der Waals surface area contributed by atoms with Gasteiger partial charge in [-0.15, -0.1) is 0 Å². The molecule has 3 N–H and O–H groups in total. The number of nitrogens with two attached hydrogens (primary N) is 1. The number of thiophene rings is 1. The second-order valence-electron chi connectivity index (χ2n) is 4.68. The van der Waals surface area contributed by atoms with E-state index in [1.165, 1.54) is 11.1 Å². The van der Waals surface area contributed by atoms with Crippen molar-refractivity contribution in [2.45, 2.75) is 40.2 Å². The summed E-state index contributed by atoms with van der Waals surface area (Å²) in [5, 5.41) is 7.69. The van der Waals surface area contributed by atoms with E-state index in [1.807, 2.05) is 6.92 Å². The molecule has 0 fully saturated rings. The average Bonchev–Trinajstić information content (AvgIpc) is 2.78. The summed E-state index contributed by atoms with van der Waals surface area (Å²) in [5.74, 6) is 2.24. The molecule has 102 valence electrons. The van der Waals surface area contributed by atoms with Crippen molar-refractivity contribution in [2.75, 3.05) is 11.1 Å². The molecule has 2 rings (SSSR count). The highest BCUT2D eigenvalue weighted by Gasteiger charge is 2.08. The molecule has 0 bridgehead atoms. The lowest BCUT2D eigenvalue weighted by molar-refractivity contribution is 0.833. The summed E-state index contributed by atoms with van der Waals surface area (Å²) in [7, 11) is 0. The summed E-state index contributed by atoms with van der Waals surface area (Å²) in [6, 6.07) is 0. The Balaban J connectivity index is 2.17. The molecule has 0 amide bonds. The van der Waals surface area contributed by atoms with Crippen LogP contribution in [0.3, 0.4) is 0 Å². The molecule has 0 unspecified atom stereocenters. The molecular formula is C14H20N4S. The number of anilines is 2. The fraction of sp³-hybridized carbons (Fsp3) is 0.429. The predicted molar refractivity (Wildman–Crippen MR) is 81.6 cm³/mol. The first kappa shape index (κ1) is 13.8. The summed E-state index contributed by atoms with van der Waals surface area (Å²) in [6.45, 7) is 6.96. The lowest BCUT2D eigenvalue weighted by Crippen LogP contribution is -2.09. The Labute approximate surface area is 118 Å². The van der Waals surface area contributed by atoms with E-state index in [4.69, 9.17) is 5.73 Å². The van der Waals surface area contributed by atoms with E-state index in [-0.39, 0.29) is 0 Å². The maximum Gasteiger partial charge on any atom is 0.135 e. The van der Waals surface area contributed by atoms with Gasteiger partial charge in [-0.05, 0) is 42.2 Å². The minimum atomic E-state index is 0.572. The standard InChI is InChI=1S/C14H20N4S/c1-4-5-12-17-13(15)10(3)14(18-12)16-6-11-8-19-7-9(11)2/h7-8H,4-6H2,1-3H3,(H3,15,16,17,18). The summed E-state index contributed by atoms with van der Waals surface area (Å²) >= 11 is 1.72. The first-order chi connectivity index (χ1) is 9.11. The second-order valence-corrected chi connectivity index (χ2v) is 5.43. The molecule has 0 aromatic carbocycles. The van der Waals surface area contributed by atoms with Gasteiger partial charge in [0.15, 0.2) is 0 Å². The van der Waals surface area contributed by atoms with Crippen LogP contribution in [0.25, 0.3) is 0 Å². The van der Waals surface area contributed by atoms with Gasteiger partial charge in [0, 0.05) is 18.5 Å². The first-order valence-electron chi connectivity index (χ1n) is 6.50. The van der Waals surface area contributed by atoms with E-state index in [0.717, 1.165) is 36.6 Å². The van der Waals surface area contributed by atoms with E-state index < -0.39 is 0 Å². The van der Waals surface area contributed by atoms with Crippen LogP contribution in [0.4, 0.5) is 11.6 Å². The Morgan fingerprint density at radius 3 is 2.68 bits per heavy atom. The number of nitrogens with zero attached hydrogens (tertiary/aromatic N) is 2. The van der Waals surface area contributed by atoms with Crippen LogP contribution in [-0.2, 0) is 13.0 Å². The van der Waals surface area contributed by atoms with Crippen LogP contribution in [0, 0.1) is 13.8 Å². The zero-order valence-corrected chi connectivity index (χ0v) is 12.5. The van der Waals surface area contributed by atoms with Gasteiger partial charge in [-0.3, -0.25) is 0 Å². The van der Waals surface area contributed by atoms with E-state index in [2.05, 4.69) is 39.9 Å². The zero-order chi connectivity index (χ0) is 13.8. The third kappa shape index (κ3) is 3.23. The maximum absolute atomic E-state index is 5.94. The summed E-state index contributed by atoms with van der Waals surface area (Å²) in [5.41, 5.74) is 9.48. The molecule has 0 spiro atoms. The van der Waals surface area contributed by atoms with Crippen molar-refractivity contribution in [2.24, 2.45) is 0 Å². The highest BCUT2D eigenvalue weighted by Crippen LogP contribution is 2.20. The summed E-state index contributed by atoms with van der Waals surface area (Å²) in [6.07, 6.45) is 1.88. The fourth-order valence-electron chi connectivity index (χ4n) is 1.84. The molecule has 0 aliphatic carbocycles. The molecule has 0 radical (unpaired) electrons. The van der Waals surface area contributed by atoms with Crippen LogP contribution >= 0.6 is 11.3 Å². The average molecular weight is 276 g/mol. The molecule has 4 nitrogen and oxygen atoms in total. The molecule has 0 atom stereocenters. The Kier molecular flexibility index (Phi) is 4.37. The Morgan fingerprint density at radius 2 is 2.05 bits per heavy atom. The van der Waals surface area contributed by atoms with Crippen LogP contribution in [0.5, 0.6) is 0 Å². The highest BCUT2D eigenvalue weighted by atomic mass is 32.1. The lowest BCUT2D eigenvalue weighted by atomic mass is 10.2. The van der Waals surface area contributed by atoms with E-state index in [1.54, 1.807) is 11.3 Å². The fourth-order valence-corrected chi connectivity index (χ4v) is 2.69. The molecule has 19 heavy (non-hydrogen) atoms. The van der Waals surface area contributed by atoms with Gasteiger partial charge in [0.2, 0.25) is 0 Å². The van der Waals surface area contributed by atoms with Gasteiger partial charge in [0.25, 0.3) is 0 Å².